The number of nitrogen functional groups attached to an aromatic ring is 1. The van der Waals surface area contributed by atoms with E-state index in [0.717, 1.165) is 5.56 Å². The molecule has 0 bridgehead atoms. The Labute approximate surface area is 158 Å². The largest absolute Gasteiger partial charge is 0.508 e. The van der Waals surface area contributed by atoms with Crippen molar-refractivity contribution >= 4 is 17.0 Å². The summed E-state index contributed by atoms with van der Waals surface area (Å²) in [6.45, 7) is 0. The third-order valence-electron chi connectivity index (χ3n) is 4.26. The van der Waals surface area contributed by atoms with Crippen LogP contribution >= 0.6 is 0 Å². The van der Waals surface area contributed by atoms with E-state index >= 15 is 0 Å². The molecule has 5 rings (SSSR count). The van der Waals surface area contributed by atoms with Crippen LogP contribution in [0.2, 0.25) is 0 Å². The monoisotopic (exact) mass is 371 g/mol. The lowest BCUT2D eigenvalue weighted by molar-refractivity contribution is 0.476. The van der Waals surface area contributed by atoms with Gasteiger partial charge in [-0.05, 0) is 42.0 Å². The molecule has 0 saturated heterocycles. The number of anilines is 1. The van der Waals surface area contributed by atoms with Crippen molar-refractivity contribution in [1.82, 2.24) is 29.9 Å². The molecule has 0 fully saturated rings. The quantitative estimate of drug-likeness (QED) is 0.495. The van der Waals surface area contributed by atoms with E-state index < -0.39 is 0 Å². The van der Waals surface area contributed by atoms with Gasteiger partial charge < -0.3 is 15.3 Å². The SMILES string of the molecule is Nc1nc(-c2ccco2)c(-c2ccncc2)c(-n2nnc3cc(O)ccc32)n1. The van der Waals surface area contributed by atoms with Gasteiger partial charge in [-0.2, -0.15) is 9.67 Å². The minimum Gasteiger partial charge on any atom is -0.508 e. The Balaban J connectivity index is 1.87. The lowest BCUT2D eigenvalue weighted by Crippen LogP contribution is -2.08. The number of aromatic hydroxyl groups is 1. The Morgan fingerprint density at radius 3 is 2.68 bits per heavy atom. The Hall–Kier alpha value is -4.27. The summed E-state index contributed by atoms with van der Waals surface area (Å²) in [5, 5.41) is 18.1. The maximum Gasteiger partial charge on any atom is 0.222 e. The van der Waals surface area contributed by atoms with Gasteiger partial charge in [0.05, 0.1) is 17.3 Å². The summed E-state index contributed by atoms with van der Waals surface area (Å²) in [5.41, 5.74) is 9.22. The number of hydrogen-bond donors (Lipinski definition) is 2. The molecule has 28 heavy (non-hydrogen) atoms. The molecule has 0 radical (unpaired) electrons. The van der Waals surface area contributed by atoms with Gasteiger partial charge in [0.2, 0.25) is 5.95 Å². The lowest BCUT2D eigenvalue weighted by atomic mass is 10.0. The fraction of sp³-hybridized carbons (Fsp3) is 0. The van der Waals surface area contributed by atoms with E-state index in [0.29, 0.717) is 33.9 Å². The molecular formula is C19H13N7O2. The molecule has 4 aromatic heterocycles. The van der Waals surface area contributed by atoms with E-state index in [-0.39, 0.29) is 11.7 Å². The molecule has 4 heterocycles. The van der Waals surface area contributed by atoms with E-state index in [1.54, 1.807) is 47.6 Å². The number of fused-ring (bicyclic) bond motifs is 1. The van der Waals surface area contributed by atoms with E-state index in [4.69, 9.17) is 10.2 Å². The van der Waals surface area contributed by atoms with Crippen molar-refractivity contribution in [3.05, 3.63) is 61.1 Å². The summed E-state index contributed by atoms with van der Waals surface area (Å²) in [7, 11) is 0. The van der Waals surface area contributed by atoms with Crippen LogP contribution in [0, 0.1) is 0 Å². The fourth-order valence-corrected chi connectivity index (χ4v) is 3.06. The molecule has 0 aliphatic heterocycles. The van der Waals surface area contributed by atoms with Gasteiger partial charge in [0, 0.05) is 18.5 Å². The minimum absolute atomic E-state index is 0.0710. The molecule has 3 N–H and O–H groups in total. The van der Waals surface area contributed by atoms with Crippen LogP contribution in [-0.4, -0.2) is 35.1 Å². The van der Waals surface area contributed by atoms with Gasteiger partial charge >= 0.3 is 0 Å². The van der Waals surface area contributed by atoms with Gasteiger partial charge in [-0.1, -0.05) is 5.21 Å². The van der Waals surface area contributed by atoms with Crippen molar-refractivity contribution in [2.24, 2.45) is 0 Å². The first-order valence-corrected chi connectivity index (χ1v) is 8.37. The molecule has 9 nitrogen and oxygen atoms in total. The molecule has 0 saturated carbocycles. The number of furan rings is 1. The van der Waals surface area contributed by atoms with Gasteiger partial charge in [-0.25, -0.2) is 4.98 Å². The second-order valence-corrected chi connectivity index (χ2v) is 6.02. The van der Waals surface area contributed by atoms with Crippen LogP contribution in [0.15, 0.2) is 65.5 Å². The van der Waals surface area contributed by atoms with Crippen molar-refractivity contribution in [3.63, 3.8) is 0 Å². The second kappa shape index (κ2) is 6.16. The molecule has 0 spiro atoms. The number of nitrogens with zero attached hydrogens (tertiary/aromatic N) is 6. The Bertz CT molecular complexity index is 1280. The Kier molecular flexibility index (Phi) is 3.51. The highest BCUT2D eigenvalue weighted by Crippen LogP contribution is 2.36. The van der Waals surface area contributed by atoms with Gasteiger partial charge in [-0.3, -0.25) is 4.98 Å². The number of phenols is 1. The van der Waals surface area contributed by atoms with Gasteiger partial charge in [0.1, 0.15) is 17.0 Å². The molecule has 0 aliphatic rings. The summed E-state index contributed by atoms with van der Waals surface area (Å²) in [6, 6.07) is 12.1. The van der Waals surface area contributed by atoms with Gasteiger partial charge in [0.15, 0.2) is 11.6 Å². The zero-order chi connectivity index (χ0) is 19.1. The van der Waals surface area contributed by atoms with E-state index in [1.807, 2.05) is 12.1 Å². The average Bonchev–Trinajstić information content (AvgIpc) is 3.37. The number of aromatic nitrogens is 6. The Morgan fingerprint density at radius 2 is 1.89 bits per heavy atom. The smallest absolute Gasteiger partial charge is 0.222 e. The molecule has 0 atom stereocenters. The fourth-order valence-electron chi connectivity index (χ4n) is 3.06. The first-order valence-electron chi connectivity index (χ1n) is 8.37. The molecule has 0 unspecified atom stereocenters. The van der Waals surface area contributed by atoms with Gasteiger partial charge in [0.25, 0.3) is 0 Å². The molecule has 0 aliphatic carbocycles. The van der Waals surface area contributed by atoms with Crippen molar-refractivity contribution in [2.45, 2.75) is 0 Å². The number of hydrogen-bond acceptors (Lipinski definition) is 8. The van der Waals surface area contributed by atoms with Crippen LogP contribution in [-0.2, 0) is 0 Å². The van der Waals surface area contributed by atoms with Crippen molar-refractivity contribution in [3.8, 4) is 34.1 Å². The van der Waals surface area contributed by atoms with E-state index in [9.17, 15) is 5.11 Å². The molecule has 136 valence electrons. The number of benzene rings is 1. The first kappa shape index (κ1) is 15.9. The summed E-state index contributed by atoms with van der Waals surface area (Å²) < 4.78 is 7.14. The maximum absolute atomic E-state index is 9.71. The van der Waals surface area contributed by atoms with Crippen LogP contribution in [0.1, 0.15) is 0 Å². The van der Waals surface area contributed by atoms with Crippen molar-refractivity contribution < 1.29 is 9.52 Å². The molecule has 1 aromatic carbocycles. The van der Waals surface area contributed by atoms with Gasteiger partial charge in [-0.15, -0.1) is 5.10 Å². The van der Waals surface area contributed by atoms with Crippen LogP contribution in [0.25, 0.3) is 39.4 Å². The average molecular weight is 371 g/mol. The predicted octanol–water partition coefficient (Wildman–Crippen LogP) is 2.82. The molecule has 9 heteroatoms. The summed E-state index contributed by atoms with van der Waals surface area (Å²) in [5.74, 6) is 1.16. The molecular weight excluding hydrogens is 358 g/mol. The summed E-state index contributed by atoms with van der Waals surface area (Å²) in [6.07, 6.45) is 4.93. The highest BCUT2D eigenvalue weighted by molar-refractivity contribution is 5.87. The first-order chi connectivity index (χ1) is 13.7. The number of rotatable bonds is 3. The molecule has 5 aromatic rings. The standard InChI is InChI=1S/C19H13N7O2/c20-19-22-17(15-2-1-9-28-15)16(11-5-7-21-8-6-11)18(23-19)26-14-4-3-12(27)10-13(14)24-25-26/h1-10,27H,(H2,20,22,23). The maximum atomic E-state index is 9.71. The van der Waals surface area contributed by atoms with Crippen molar-refractivity contribution in [1.29, 1.82) is 0 Å². The normalized spacial score (nSPS) is 11.1. The minimum atomic E-state index is 0.0710. The number of pyridine rings is 1. The van der Waals surface area contributed by atoms with Crippen molar-refractivity contribution in [2.75, 3.05) is 5.73 Å². The third-order valence-corrected chi connectivity index (χ3v) is 4.26. The highest BCUT2D eigenvalue weighted by atomic mass is 16.3. The van der Waals surface area contributed by atoms with E-state index in [2.05, 4.69) is 25.3 Å². The molecule has 0 amide bonds. The van der Waals surface area contributed by atoms with Crippen LogP contribution in [0.5, 0.6) is 5.75 Å². The number of phenolic OH excluding ortho intramolecular Hbond substituents is 1. The summed E-state index contributed by atoms with van der Waals surface area (Å²) in [4.78, 5) is 12.9. The second-order valence-electron chi connectivity index (χ2n) is 6.02. The van der Waals surface area contributed by atoms with Crippen LogP contribution in [0.3, 0.4) is 0 Å². The lowest BCUT2D eigenvalue weighted by Gasteiger charge is -2.13. The van der Waals surface area contributed by atoms with Crippen LogP contribution in [0.4, 0.5) is 5.95 Å². The number of nitrogens with two attached hydrogens (primary N) is 1. The highest BCUT2D eigenvalue weighted by Gasteiger charge is 2.22. The van der Waals surface area contributed by atoms with E-state index in [1.165, 1.54) is 6.07 Å². The van der Waals surface area contributed by atoms with Crippen LogP contribution < -0.4 is 5.73 Å². The summed E-state index contributed by atoms with van der Waals surface area (Å²) >= 11 is 0. The zero-order valence-electron chi connectivity index (χ0n) is 14.4. The predicted molar refractivity (Wildman–Crippen MR) is 101 cm³/mol. The third kappa shape index (κ3) is 2.53. The topological polar surface area (TPSA) is 129 Å². The zero-order valence-corrected chi connectivity index (χ0v) is 14.4. The Morgan fingerprint density at radius 1 is 1.04 bits per heavy atom.